The Morgan fingerprint density at radius 3 is 2.64 bits per heavy atom. The second kappa shape index (κ2) is 10.5. The molecule has 4 aromatic rings. The van der Waals surface area contributed by atoms with Crippen LogP contribution in [0.4, 0.5) is 5.69 Å². The number of imidazole rings is 1. The highest BCUT2D eigenvalue weighted by molar-refractivity contribution is 6.35. The van der Waals surface area contributed by atoms with E-state index in [-0.39, 0.29) is 11.7 Å². The van der Waals surface area contributed by atoms with E-state index in [0.29, 0.717) is 52.2 Å². The average molecular weight is 637 g/mol. The van der Waals surface area contributed by atoms with Crippen LogP contribution in [-0.2, 0) is 23.6 Å². The highest BCUT2D eigenvalue weighted by atomic mass is 35.5. The second-order valence-corrected chi connectivity index (χ2v) is 12.9. The highest BCUT2D eigenvalue weighted by Crippen LogP contribution is 2.51. The normalized spacial score (nSPS) is 25.9. The molecule has 10 nitrogen and oxygen atoms in total. The number of nitrogens with zero attached hydrogens (tertiary/aromatic N) is 5. The van der Waals surface area contributed by atoms with Crippen molar-refractivity contribution in [1.82, 2.24) is 19.4 Å². The van der Waals surface area contributed by atoms with Gasteiger partial charge in [-0.3, -0.25) is 9.88 Å². The summed E-state index contributed by atoms with van der Waals surface area (Å²) in [6.45, 7) is 5.53. The van der Waals surface area contributed by atoms with E-state index < -0.39 is 11.8 Å². The number of aromatic carboxylic acids is 1. The van der Waals surface area contributed by atoms with E-state index >= 15 is 0 Å². The fourth-order valence-corrected chi connectivity index (χ4v) is 7.26. The van der Waals surface area contributed by atoms with Gasteiger partial charge in [-0.05, 0) is 55.7 Å². The Labute approximate surface area is 264 Å². The number of fused-ring (bicyclic) bond motifs is 3. The molecular formula is C32H31Cl2N5O5. The van der Waals surface area contributed by atoms with Crippen LogP contribution in [0.2, 0.25) is 10.0 Å². The minimum atomic E-state index is -1.05. The molecule has 4 atom stereocenters. The summed E-state index contributed by atoms with van der Waals surface area (Å²) in [6.07, 6.45) is 4.80. The van der Waals surface area contributed by atoms with E-state index in [1.807, 2.05) is 25.1 Å². The van der Waals surface area contributed by atoms with E-state index in [9.17, 15) is 9.90 Å². The van der Waals surface area contributed by atoms with E-state index in [0.717, 1.165) is 61.7 Å². The number of benzene rings is 2. The third-order valence-corrected chi connectivity index (χ3v) is 9.93. The lowest BCUT2D eigenvalue weighted by atomic mass is 9.81. The largest absolute Gasteiger partial charge is 0.478 e. The summed E-state index contributed by atoms with van der Waals surface area (Å²) >= 11 is 12.6. The van der Waals surface area contributed by atoms with Crippen LogP contribution in [0.15, 0.2) is 48.7 Å². The number of halogens is 2. The summed E-state index contributed by atoms with van der Waals surface area (Å²) in [7, 11) is 0. The van der Waals surface area contributed by atoms with Crippen LogP contribution in [0, 0.1) is 0 Å². The van der Waals surface area contributed by atoms with Gasteiger partial charge in [-0.15, -0.1) is 0 Å². The molecule has 3 fully saturated rings. The van der Waals surface area contributed by atoms with Crippen LogP contribution in [0.1, 0.15) is 48.1 Å². The van der Waals surface area contributed by atoms with Gasteiger partial charge in [-0.1, -0.05) is 29.3 Å². The molecule has 8 rings (SSSR count). The number of piperazine rings is 1. The first kappa shape index (κ1) is 27.9. The predicted molar refractivity (Wildman–Crippen MR) is 165 cm³/mol. The molecular weight excluding hydrogens is 605 g/mol. The van der Waals surface area contributed by atoms with Crippen molar-refractivity contribution in [2.45, 2.75) is 63.3 Å². The van der Waals surface area contributed by atoms with Crippen molar-refractivity contribution in [3.8, 4) is 11.5 Å². The van der Waals surface area contributed by atoms with Crippen molar-refractivity contribution in [2.24, 2.45) is 0 Å². The van der Waals surface area contributed by atoms with Gasteiger partial charge in [0.05, 0.1) is 46.0 Å². The van der Waals surface area contributed by atoms with Crippen LogP contribution < -0.4 is 14.4 Å². The molecule has 0 amide bonds. The average Bonchev–Trinajstić information content (AvgIpc) is 3.49. The van der Waals surface area contributed by atoms with E-state index in [1.54, 1.807) is 18.3 Å². The molecule has 0 bridgehead atoms. The molecule has 228 valence electrons. The van der Waals surface area contributed by atoms with Crippen molar-refractivity contribution >= 4 is 45.9 Å². The first-order chi connectivity index (χ1) is 21.3. The molecule has 12 heteroatoms. The van der Waals surface area contributed by atoms with Gasteiger partial charge in [0, 0.05) is 44.9 Å². The van der Waals surface area contributed by atoms with Crippen LogP contribution in [0.5, 0.6) is 11.5 Å². The highest BCUT2D eigenvalue weighted by Gasteiger charge is 2.47. The van der Waals surface area contributed by atoms with Crippen molar-refractivity contribution in [2.75, 3.05) is 24.6 Å². The molecule has 2 saturated heterocycles. The van der Waals surface area contributed by atoms with Crippen LogP contribution >= 0.6 is 23.2 Å². The number of anilines is 1. The van der Waals surface area contributed by atoms with Crippen LogP contribution in [-0.4, -0.2) is 68.4 Å². The molecule has 4 aliphatic rings. The second-order valence-electron chi connectivity index (χ2n) is 12.0. The number of pyridine rings is 1. The number of ether oxygens (including phenoxy) is 3. The van der Waals surface area contributed by atoms with Crippen molar-refractivity contribution in [1.29, 1.82) is 0 Å². The Bertz CT molecular complexity index is 1780. The maximum absolute atomic E-state index is 11.8. The Morgan fingerprint density at radius 1 is 1.09 bits per heavy atom. The third kappa shape index (κ3) is 4.58. The summed E-state index contributed by atoms with van der Waals surface area (Å²) < 4.78 is 20.7. The zero-order valence-electron chi connectivity index (χ0n) is 24.1. The Balaban J connectivity index is 1.06. The van der Waals surface area contributed by atoms with Crippen molar-refractivity contribution in [3.63, 3.8) is 0 Å². The minimum absolute atomic E-state index is 0.0860. The first-order valence-electron chi connectivity index (χ1n) is 14.9. The van der Waals surface area contributed by atoms with Gasteiger partial charge in [0.25, 0.3) is 5.79 Å². The number of hydrogen-bond donors (Lipinski definition) is 1. The summed E-state index contributed by atoms with van der Waals surface area (Å²) in [5.41, 5.74) is 3.20. The number of carboxylic acid groups (broad SMARTS) is 1. The Morgan fingerprint density at radius 2 is 1.93 bits per heavy atom. The fourth-order valence-electron chi connectivity index (χ4n) is 6.90. The van der Waals surface area contributed by atoms with E-state index in [4.69, 9.17) is 42.4 Å². The number of carboxylic acids is 1. The van der Waals surface area contributed by atoms with Gasteiger partial charge < -0.3 is 28.8 Å². The fraction of sp³-hybridized carbons (Fsp3) is 0.406. The molecule has 1 saturated carbocycles. The van der Waals surface area contributed by atoms with Crippen molar-refractivity contribution in [3.05, 3.63) is 75.8 Å². The van der Waals surface area contributed by atoms with Crippen LogP contribution in [0.25, 0.3) is 11.0 Å². The topological polar surface area (TPSA) is 102 Å². The molecule has 3 aliphatic heterocycles. The molecule has 0 radical (unpaired) electrons. The number of carbonyl (C=O) groups is 1. The summed E-state index contributed by atoms with van der Waals surface area (Å²) in [5.74, 6) is 0.252. The smallest absolute Gasteiger partial charge is 0.335 e. The number of rotatable bonds is 7. The van der Waals surface area contributed by atoms with E-state index in [1.165, 1.54) is 6.07 Å². The number of aromatic nitrogens is 3. The van der Waals surface area contributed by atoms with Gasteiger partial charge in [0.1, 0.15) is 17.0 Å². The first-order valence-corrected chi connectivity index (χ1v) is 15.7. The molecule has 2 aromatic heterocycles. The lowest BCUT2D eigenvalue weighted by Gasteiger charge is -2.54. The zero-order valence-corrected chi connectivity index (χ0v) is 25.6. The Kier molecular flexibility index (Phi) is 6.68. The van der Waals surface area contributed by atoms with E-state index in [2.05, 4.69) is 25.4 Å². The molecule has 5 heterocycles. The molecule has 44 heavy (non-hydrogen) atoms. The summed E-state index contributed by atoms with van der Waals surface area (Å²) in [4.78, 5) is 26.2. The zero-order chi connectivity index (χ0) is 30.2. The van der Waals surface area contributed by atoms with Gasteiger partial charge in [-0.25, -0.2) is 9.78 Å². The van der Waals surface area contributed by atoms with Gasteiger partial charge in [-0.2, -0.15) is 0 Å². The molecule has 1 N–H and O–H groups in total. The molecule has 1 aliphatic carbocycles. The lowest BCUT2D eigenvalue weighted by molar-refractivity contribution is -0.0717. The van der Waals surface area contributed by atoms with Gasteiger partial charge >= 0.3 is 5.97 Å². The monoisotopic (exact) mass is 635 g/mol. The van der Waals surface area contributed by atoms with Gasteiger partial charge in [0.2, 0.25) is 0 Å². The predicted octanol–water partition coefficient (Wildman–Crippen LogP) is 5.72. The Hall–Kier alpha value is -3.57. The quantitative estimate of drug-likeness (QED) is 0.273. The summed E-state index contributed by atoms with van der Waals surface area (Å²) in [5, 5.41) is 10.6. The maximum Gasteiger partial charge on any atom is 0.335 e. The maximum atomic E-state index is 11.8. The number of para-hydroxylation sites is 1. The number of hydrogen-bond acceptors (Lipinski definition) is 8. The lowest BCUT2D eigenvalue weighted by Crippen LogP contribution is -2.64. The third-order valence-electron chi connectivity index (χ3n) is 9.42. The summed E-state index contributed by atoms with van der Waals surface area (Å²) in [6, 6.07) is 13.5. The standard InChI is InChI=1S/C32H31Cl2N5O5/c1-32(27-8-5-19(33)15-35-27)43-26-4-2-3-24(30(26)44-32)38-11-10-37(22-6-7-23(22)38)17-28-36-29-21(34)13-18(31(40)41)14-25(29)39(28)16-20-9-12-42-20/h2-5,8,13-15,20,22-23H,6-7,9-12,16-17H2,1H3,(H,40,41)/t20-,22+,23-,32+/m0/s1. The van der Waals surface area contributed by atoms with Crippen molar-refractivity contribution < 1.29 is 24.1 Å². The molecule has 0 unspecified atom stereocenters. The minimum Gasteiger partial charge on any atom is -0.478 e. The molecule has 2 aromatic carbocycles. The van der Waals surface area contributed by atoms with Gasteiger partial charge in [0.15, 0.2) is 11.5 Å². The SMILES string of the molecule is C[C@@]1(c2ccc(Cl)cn2)Oc2cccc(N3CCN(Cc4nc5c(Cl)cc(C(=O)O)cc5n4C[C@@H]4CCO4)[C@@H]4CC[C@@H]43)c2O1. The molecule has 0 spiro atoms. The van der Waals surface area contributed by atoms with Crippen LogP contribution in [0.3, 0.4) is 0 Å².